The van der Waals surface area contributed by atoms with E-state index in [-0.39, 0.29) is 5.41 Å². The van der Waals surface area contributed by atoms with Gasteiger partial charge in [0.25, 0.3) is 0 Å². The Balaban J connectivity index is 1.05. The Morgan fingerprint density at radius 3 is 1.74 bits per heavy atom. The Morgan fingerprint density at radius 2 is 0.947 bits per heavy atom. The van der Waals surface area contributed by atoms with Crippen molar-refractivity contribution in [2.45, 2.75) is 19.3 Å². The summed E-state index contributed by atoms with van der Waals surface area (Å²) in [7, 11) is 0. The third-order valence-electron chi connectivity index (χ3n) is 12.6. The number of nitrogens with zero attached hydrogens (tertiary/aromatic N) is 2. The van der Waals surface area contributed by atoms with Crippen LogP contribution in [0.1, 0.15) is 25.0 Å². The van der Waals surface area contributed by atoms with Crippen LogP contribution in [0.3, 0.4) is 0 Å². The van der Waals surface area contributed by atoms with Crippen molar-refractivity contribution in [1.82, 2.24) is 9.97 Å². The first-order chi connectivity index (χ1) is 28.0. The number of hydrogen-bond donors (Lipinski definition) is 0. The van der Waals surface area contributed by atoms with Crippen molar-refractivity contribution >= 4 is 32.3 Å². The van der Waals surface area contributed by atoms with E-state index in [1.807, 2.05) is 6.07 Å². The maximum Gasteiger partial charge on any atom is 0.160 e. The zero-order chi connectivity index (χ0) is 37.8. The predicted molar refractivity (Wildman–Crippen MR) is 238 cm³/mol. The van der Waals surface area contributed by atoms with Crippen molar-refractivity contribution in [2.24, 2.45) is 0 Å². The molecule has 57 heavy (non-hydrogen) atoms. The summed E-state index contributed by atoms with van der Waals surface area (Å²) >= 11 is 0. The van der Waals surface area contributed by atoms with Gasteiger partial charge in [-0.05, 0) is 112 Å². The molecule has 0 aliphatic heterocycles. The van der Waals surface area contributed by atoms with Crippen LogP contribution >= 0.6 is 0 Å². The van der Waals surface area contributed by atoms with Crippen LogP contribution in [-0.2, 0) is 5.41 Å². The molecule has 2 heteroatoms. The molecule has 0 spiro atoms. The van der Waals surface area contributed by atoms with E-state index in [2.05, 4.69) is 190 Å². The summed E-state index contributed by atoms with van der Waals surface area (Å²) in [6.45, 7) is 4.70. The normalized spacial score (nSPS) is 13.2. The molecule has 9 aromatic carbocycles. The maximum atomic E-state index is 5.36. The molecule has 0 N–H and O–H groups in total. The van der Waals surface area contributed by atoms with Gasteiger partial charge in [0.05, 0.1) is 11.4 Å². The molecule has 1 aromatic heterocycles. The molecule has 0 saturated carbocycles. The smallest absolute Gasteiger partial charge is 0.160 e. The van der Waals surface area contributed by atoms with Crippen LogP contribution in [0.2, 0.25) is 0 Å². The molecule has 1 heterocycles. The SMILES string of the molecule is CC1(C)c2cc3ccccc3cc2-c2c(-c3cc(-c4ccc(-c5ccc6c(c5)-c5cccc7cccc-6c57)c5ccccc45)nc(-c4ccccc4)n3)cccc21. The lowest BCUT2D eigenvalue weighted by molar-refractivity contribution is 0.661. The quantitative estimate of drug-likeness (QED) is 0.181. The summed E-state index contributed by atoms with van der Waals surface area (Å²) in [4.78, 5) is 10.7. The largest absolute Gasteiger partial charge is 0.228 e. The Hall–Kier alpha value is -7.16. The standard InChI is InChI=1S/C55H36N2/c1-55(2)48-24-12-23-45(53(48)47-29-35-15-6-7-16-36(35)31-49(47)55)51-32-50(56-54(57-51)34-13-4-3-5-14-34)42-28-27-38(39-19-8-9-20-40(39)42)37-25-26-41-43-21-10-17-33-18-11-22-44(52(33)43)46(41)30-37/h3-32H,1-2H3. The monoisotopic (exact) mass is 724 g/mol. The van der Waals surface area contributed by atoms with Crippen molar-refractivity contribution in [2.75, 3.05) is 0 Å². The van der Waals surface area contributed by atoms with Crippen molar-refractivity contribution < 1.29 is 0 Å². The van der Waals surface area contributed by atoms with Gasteiger partial charge in [0.1, 0.15) is 0 Å². The molecule has 0 bridgehead atoms. The molecule has 266 valence electrons. The third kappa shape index (κ3) is 4.71. The fraction of sp³-hybridized carbons (Fsp3) is 0.0545. The number of fused-ring (bicyclic) bond motifs is 8. The number of aromatic nitrogens is 2. The molecule has 0 atom stereocenters. The summed E-state index contributed by atoms with van der Waals surface area (Å²) in [5, 5.41) is 7.53. The van der Waals surface area contributed by atoms with Crippen molar-refractivity contribution in [1.29, 1.82) is 0 Å². The van der Waals surface area contributed by atoms with E-state index < -0.39 is 0 Å². The van der Waals surface area contributed by atoms with E-state index in [1.165, 1.54) is 88.0 Å². The van der Waals surface area contributed by atoms with Crippen LogP contribution in [0.4, 0.5) is 0 Å². The number of rotatable bonds is 4. The molecular formula is C55H36N2. The van der Waals surface area contributed by atoms with Gasteiger partial charge in [-0.25, -0.2) is 9.97 Å². The van der Waals surface area contributed by atoms with Crippen LogP contribution < -0.4 is 0 Å². The van der Waals surface area contributed by atoms with Crippen molar-refractivity contribution in [3.8, 4) is 78.4 Å². The van der Waals surface area contributed by atoms with Gasteiger partial charge in [-0.3, -0.25) is 0 Å². The van der Waals surface area contributed by atoms with Crippen LogP contribution in [-0.4, -0.2) is 9.97 Å². The molecule has 0 amide bonds. The van der Waals surface area contributed by atoms with Crippen molar-refractivity contribution in [3.63, 3.8) is 0 Å². The Bertz CT molecular complexity index is 3310. The van der Waals surface area contributed by atoms with E-state index in [4.69, 9.17) is 9.97 Å². The van der Waals surface area contributed by atoms with Gasteiger partial charge in [0.2, 0.25) is 0 Å². The summed E-state index contributed by atoms with van der Waals surface area (Å²) in [6, 6.07) is 66.5. The van der Waals surface area contributed by atoms with E-state index in [0.29, 0.717) is 0 Å². The topological polar surface area (TPSA) is 25.8 Å². The second-order valence-corrected chi connectivity index (χ2v) is 16.1. The minimum atomic E-state index is -0.151. The van der Waals surface area contributed by atoms with Gasteiger partial charge >= 0.3 is 0 Å². The van der Waals surface area contributed by atoms with Gasteiger partial charge in [-0.1, -0.05) is 172 Å². The lowest BCUT2D eigenvalue weighted by Crippen LogP contribution is -2.14. The van der Waals surface area contributed by atoms with E-state index in [1.54, 1.807) is 0 Å². The van der Waals surface area contributed by atoms with Crippen LogP contribution in [0.5, 0.6) is 0 Å². The van der Waals surface area contributed by atoms with Gasteiger partial charge in [-0.15, -0.1) is 0 Å². The minimum Gasteiger partial charge on any atom is -0.228 e. The van der Waals surface area contributed by atoms with Crippen LogP contribution in [0.25, 0.3) is 111 Å². The van der Waals surface area contributed by atoms with Crippen LogP contribution in [0, 0.1) is 0 Å². The van der Waals surface area contributed by atoms with Gasteiger partial charge < -0.3 is 0 Å². The van der Waals surface area contributed by atoms with Gasteiger partial charge in [0, 0.05) is 22.1 Å². The Labute approximate surface area is 331 Å². The summed E-state index contributed by atoms with van der Waals surface area (Å²) in [6.07, 6.45) is 0. The molecule has 2 aliphatic carbocycles. The second kappa shape index (κ2) is 11.9. The first-order valence-electron chi connectivity index (χ1n) is 19.8. The molecule has 0 radical (unpaired) electrons. The highest BCUT2D eigenvalue weighted by atomic mass is 14.9. The average Bonchev–Trinajstić information content (AvgIpc) is 3.70. The average molecular weight is 725 g/mol. The van der Waals surface area contributed by atoms with E-state index in [9.17, 15) is 0 Å². The summed E-state index contributed by atoms with van der Waals surface area (Å²) in [5.41, 5.74) is 17.8. The number of benzene rings is 9. The second-order valence-electron chi connectivity index (χ2n) is 16.1. The molecule has 0 fully saturated rings. The van der Waals surface area contributed by atoms with Gasteiger partial charge in [0.15, 0.2) is 5.82 Å². The van der Waals surface area contributed by atoms with E-state index in [0.717, 1.165) is 33.9 Å². The fourth-order valence-electron chi connectivity index (χ4n) is 9.86. The Morgan fingerprint density at radius 1 is 0.351 bits per heavy atom. The summed E-state index contributed by atoms with van der Waals surface area (Å²) < 4.78 is 0. The highest BCUT2D eigenvalue weighted by molar-refractivity contribution is 6.16. The molecule has 0 saturated heterocycles. The predicted octanol–water partition coefficient (Wildman–Crippen LogP) is 14.6. The first-order valence-corrected chi connectivity index (χ1v) is 19.8. The Kier molecular flexibility index (Phi) is 6.72. The molecular weight excluding hydrogens is 689 g/mol. The lowest BCUT2D eigenvalue weighted by Gasteiger charge is -2.22. The molecule has 12 rings (SSSR count). The zero-order valence-electron chi connectivity index (χ0n) is 31.7. The highest BCUT2D eigenvalue weighted by Crippen LogP contribution is 2.53. The summed E-state index contributed by atoms with van der Waals surface area (Å²) in [5.74, 6) is 0.720. The molecule has 0 unspecified atom stereocenters. The van der Waals surface area contributed by atoms with Crippen molar-refractivity contribution in [3.05, 3.63) is 193 Å². The molecule has 2 aliphatic rings. The first kappa shape index (κ1) is 32.1. The van der Waals surface area contributed by atoms with Gasteiger partial charge in [-0.2, -0.15) is 0 Å². The minimum absolute atomic E-state index is 0.151. The zero-order valence-corrected chi connectivity index (χ0v) is 31.7. The maximum absolute atomic E-state index is 5.36. The third-order valence-corrected chi connectivity index (χ3v) is 12.6. The number of hydrogen-bond acceptors (Lipinski definition) is 2. The molecule has 10 aromatic rings. The van der Waals surface area contributed by atoms with Crippen LogP contribution in [0.15, 0.2) is 182 Å². The molecule has 2 nitrogen and oxygen atoms in total. The lowest BCUT2D eigenvalue weighted by atomic mass is 9.81. The van der Waals surface area contributed by atoms with E-state index >= 15 is 0 Å². The fourth-order valence-corrected chi connectivity index (χ4v) is 9.86. The highest BCUT2D eigenvalue weighted by Gasteiger charge is 2.37.